The molecule has 0 aliphatic heterocycles. The summed E-state index contributed by atoms with van der Waals surface area (Å²) in [6, 6.07) is 12.0. The fraction of sp³-hybridized carbons (Fsp3) is 0.133. The van der Waals surface area contributed by atoms with Crippen molar-refractivity contribution in [1.29, 1.82) is 0 Å². The molecule has 4 N–H and O–H groups in total. The van der Waals surface area contributed by atoms with Crippen LogP contribution in [-0.4, -0.2) is 11.0 Å². The molecule has 0 radical (unpaired) electrons. The summed E-state index contributed by atoms with van der Waals surface area (Å²) in [5, 5.41) is 12.3. The summed E-state index contributed by atoms with van der Waals surface area (Å²) in [4.78, 5) is 12.0. The van der Waals surface area contributed by atoms with Crippen LogP contribution < -0.4 is 11.1 Å². The van der Waals surface area contributed by atoms with Crippen LogP contribution in [0.5, 0.6) is 5.75 Å². The van der Waals surface area contributed by atoms with E-state index in [-0.39, 0.29) is 16.7 Å². The predicted molar refractivity (Wildman–Crippen MR) is 78.6 cm³/mol. The number of rotatable bonds is 4. The third kappa shape index (κ3) is 3.29. The lowest BCUT2D eigenvalue weighted by Crippen LogP contribution is -2.23. The van der Waals surface area contributed by atoms with Crippen LogP contribution in [0.4, 0.5) is 0 Å². The fourth-order valence-corrected chi connectivity index (χ4v) is 2.04. The van der Waals surface area contributed by atoms with Crippen LogP contribution in [0.15, 0.2) is 42.5 Å². The number of carbonyl (C=O) groups is 1. The van der Waals surface area contributed by atoms with Gasteiger partial charge >= 0.3 is 0 Å². The Bertz CT molecular complexity index is 629. The number of benzene rings is 2. The monoisotopic (exact) mass is 290 g/mol. The van der Waals surface area contributed by atoms with Crippen molar-refractivity contribution in [2.75, 3.05) is 0 Å². The van der Waals surface area contributed by atoms with E-state index in [4.69, 9.17) is 17.3 Å². The molecule has 0 fully saturated rings. The van der Waals surface area contributed by atoms with E-state index in [1.54, 1.807) is 0 Å². The molecule has 1 amide bonds. The zero-order valence-electron chi connectivity index (χ0n) is 10.8. The molecule has 0 saturated carbocycles. The highest BCUT2D eigenvalue weighted by Crippen LogP contribution is 2.23. The lowest BCUT2D eigenvalue weighted by molar-refractivity contribution is 0.0951. The van der Waals surface area contributed by atoms with Gasteiger partial charge in [-0.3, -0.25) is 4.79 Å². The Morgan fingerprint density at radius 3 is 2.55 bits per heavy atom. The number of hydrogen-bond donors (Lipinski definition) is 3. The second-order valence-corrected chi connectivity index (χ2v) is 4.73. The van der Waals surface area contributed by atoms with Gasteiger partial charge in [0.15, 0.2) is 0 Å². The van der Waals surface area contributed by atoms with E-state index < -0.39 is 0 Å². The Balaban J connectivity index is 2.06. The summed E-state index contributed by atoms with van der Waals surface area (Å²) in [5.74, 6) is -0.296. The number of halogens is 1. The minimum atomic E-state index is -0.251. The maximum atomic E-state index is 12.0. The molecule has 0 aliphatic carbocycles. The van der Waals surface area contributed by atoms with E-state index in [0.717, 1.165) is 11.1 Å². The SMILES string of the molecule is NCc1ccccc1CNC(=O)c1ccc(O)c(Cl)c1. The zero-order valence-corrected chi connectivity index (χ0v) is 11.5. The van der Waals surface area contributed by atoms with Crippen molar-refractivity contribution in [3.63, 3.8) is 0 Å². The van der Waals surface area contributed by atoms with Crippen molar-refractivity contribution >= 4 is 17.5 Å². The van der Waals surface area contributed by atoms with Gasteiger partial charge in [0.2, 0.25) is 0 Å². The van der Waals surface area contributed by atoms with Gasteiger partial charge in [0, 0.05) is 18.7 Å². The number of phenolic OH excluding ortho intramolecular Hbond substituents is 1. The normalized spacial score (nSPS) is 10.3. The van der Waals surface area contributed by atoms with Crippen molar-refractivity contribution in [3.05, 3.63) is 64.2 Å². The number of carbonyl (C=O) groups excluding carboxylic acids is 1. The summed E-state index contributed by atoms with van der Waals surface area (Å²) in [6.45, 7) is 0.821. The molecule has 4 nitrogen and oxygen atoms in total. The Morgan fingerprint density at radius 2 is 1.90 bits per heavy atom. The van der Waals surface area contributed by atoms with Crippen molar-refractivity contribution in [3.8, 4) is 5.75 Å². The average Bonchev–Trinajstić information content (AvgIpc) is 2.47. The standard InChI is InChI=1S/C15H15ClN2O2/c16-13-7-10(5-6-14(13)19)15(20)18-9-12-4-2-1-3-11(12)8-17/h1-7,19H,8-9,17H2,(H,18,20). The van der Waals surface area contributed by atoms with Gasteiger partial charge in [0.1, 0.15) is 5.75 Å². The molecule has 2 aromatic carbocycles. The van der Waals surface area contributed by atoms with Gasteiger partial charge in [-0.05, 0) is 29.3 Å². The lowest BCUT2D eigenvalue weighted by atomic mass is 10.1. The molecule has 0 unspecified atom stereocenters. The average molecular weight is 291 g/mol. The summed E-state index contributed by atoms with van der Waals surface area (Å²) >= 11 is 5.78. The molecular formula is C15H15ClN2O2. The Morgan fingerprint density at radius 1 is 1.20 bits per heavy atom. The van der Waals surface area contributed by atoms with Gasteiger partial charge in [-0.2, -0.15) is 0 Å². The molecule has 2 rings (SSSR count). The molecule has 0 heterocycles. The van der Waals surface area contributed by atoms with E-state index in [9.17, 15) is 9.90 Å². The van der Waals surface area contributed by atoms with E-state index in [2.05, 4.69) is 5.32 Å². The first-order valence-corrected chi connectivity index (χ1v) is 6.53. The Labute approximate surface area is 122 Å². The number of amides is 1. The van der Waals surface area contributed by atoms with Crippen LogP contribution in [0.2, 0.25) is 5.02 Å². The van der Waals surface area contributed by atoms with E-state index in [0.29, 0.717) is 18.7 Å². The fourth-order valence-electron chi connectivity index (χ4n) is 1.85. The number of phenols is 1. The zero-order chi connectivity index (χ0) is 14.5. The molecule has 0 saturated heterocycles. The van der Waals surface area contributed by atoms with E-state index in [1.165, 1.54) is 18.2 Å². The van der Waals surface area contributed by atoms with Gasteiger partial charge in [-0.15, -0.1) is 0 Å². The van der Waals surface area contributed by atoms with E-state index >= 15 is 0 Å². The van der Waals surface area contributed by atoms with Gasteiger partial charge in [-0.25, -0.2) is 0 Å². The van der Waals surface area contributed by atoms with Crippen molar-refractivity contribution < 1.29 is 9.90 Å². The number of aromatic hydroxyl groups is 1. The molecular weight excluding hydrogens is 276 g/mol. The number of nitrogens with one attached hydrogen (secondary N) is 1. The highest BCUT2D eigenvalue weighted by atomic mass is 35.5. The molecule has 2 aromatic rings. The van der Waals surface area contributed by atoms with Gasteiger partial charge < -0.3 is 16.2 Å². The van der Waals surface area contributed by atoms with Crippen LogP contribution in [0.25, 0.3) is 0 Å². The quantitative estimate of drug-likeness (QED) is 0.809. The van der Waals surface area contributed by atoms with Crippen LogP contribution >= 0.6 is 11.6 Å². The van der Waals surface area contributed by atoms with Crippen LogP contribution in [-0.2, 0) is 13.1 Å². The maximum Gasteiger partial charge on any atom is 0.251 e. The maximum absolute atomic E-state index is 12.0. The second kappa shape index (κ2) is 6.41. The molecule has 0 aromatic heterocycles. The van der Waals surface area contributed by atoms with Crippen molar-refractivity contribution in [1.82, 2.24) is 5.32 Å². The molecule has 20 heavy (non-hydrogen) atoms. The highest BCUT2D eigenvalue weighted by molar-refractivity contribution is 6.32. The molecule has 0 bridgehead atoms. The van der Waals surface area contributed by atoms with Gasteiger partial charge in [0.05, 0.1) is 5.02 Å². The number of hydrogen-bond acceptors (Lipinski definition) is 3. The molecule has 0 aliphatic rings. The largest absolute Gasteiger partial charge is 0.506 e. The molecule has 104 valence electrons. The third-order valence-corrected chi connectivity index (χ3v) is 3.29. The molecule has 0 atom stereocenters. The highest BCUT2D eigenvalue weighted by Gasteiger charge is 2.09. The van der Waals surface area contributed by atoms with Gasteiger partial charge in [-0.1, -0.05) is 35.9 Å². The smallest absolute Gasteiger partial charge is 0.251 e. The van der Waals surface area contributed by atoms with Crippen molar-refractivity contribution in [2.24, 2.45) is 5.73 Å². The van der Waals surface area contributed by atoms with Gasteiger partial charge in [0.25, 0.3) is 5.91 Å². The minimum absolute atomic E-state index is 0.0447. The molecule has 0 spiro atoms. The Hall–Kier alpha value is -2.04. The lowest BCUT2D eigenvalue weighted by Gasteiger charge is -2.09. The van der Waals surface area contributed by atoms with Crippen LogP contribution in [0, 0.1) is 0 Å². The second-order valence-electron chi connectivity index (χ2n) is 4.32. The first kappa shape index (κ1) is 14.4. The Kier molecular flexibility index (Phi) is 4.61. The van der Waals surface area contributed by atoms with Crippen molar-refractivity contribution in [2.45, 2.75) is 13.1 Å². The minimum Gasteiger partial charge on any atom is -0.506 e. The molecule has 5 heteroatoms. The summed E-state index contributed by atoms with van der Waals surface area (Å²) < 4.78 is 0. The number of nitrogens with two attached hydrogens (primary N) is 1. The summed E-state index contributed by atoms with van der Waals surface area (Å²) in [7, 11) is 0. The van der Waals surface area contributed by atoms with Crippen LogP contribution in [0.3, 0.4) is 0 Å². The summed E-state index contributed by atoms with van der Waals surface area (Å²) in [5.41, 5.74) is 8.02. The summed E-state index contributed by atoms with van der Waals surface area (Å²) in [6.07, 6.45) is 0. The first-order chi connectivity index (χ1) is 9.61. The van der Waals surface area contributed by atoms with E-state index in [1.807, 2.05) is 24.3 Å². The first-order valence-electron chi connectivity index (χ1n) is 6.15. The topological polar surface area (TPSA) is 75.3 Å². The third-order valence-electron chi connectivity index (χ3n) is 2.99. The van der Waals surface area contributed by atoms with Crippen LogP contribution in [0.1, 0.15) is 21.5 Å². The predicted octanol–water partition coefficient (Wildman–Crippen LogP) is 2.43.